The minimum Gasteiger partial charge on any atom is -0.326 e. The lowest BCUT2D eigenvalue weighted by atomic mass is 10.0. The second-order valence-corrected chi connectivity index (χ2v) is 9.82. The van der Waals surface area contributed by atoms with Gasteiger partial charge in [-0.15, -0.1) is 0 Å². The van der Waals surface area contributed by atoms with Gasteiger partial charge in [-0.3, -0.25) is 4.79 Å². The van der Waals surface area contributed by atoms with Crippen LogP contribution in [0.5, 0.6) is 0 Å². The molecule has 3 aromatic carbocycles. The predicted octanol–water partition coefficient (Wildman–Crippen LogP) is 5.42. The summed E-state index contributed by atoms with van der Waals surface area (Å²) in [5, 5.41) is 3.08. The Bertz CT molecular complexity index is 1150. The number of carbonyl (C=O) groups excluding carboxylic acids is 1. The summed E-state index contributed by atoms with van der Waals surface area (Å²) >= 11 is 0. The standard InChI is InChI=1S/C27H32N2O3S/c1-4-22-12-9-13-23(5-2)27(22)28-26(30)19-16-21-14-17-25(18-15-21)33(31,32)29-20(3)24-10-7-6-8-11-24/h6-15,17-18,20,29H,4-5,16,19H2,1-3H3,(H,28,30)/t20-/m0/s1. The second-order valence-electron chi connectivity index (χ2n) is 8.10. The van der Waals surface area contributed by atoms with Gasteiger partial charge in [-0.2, -0.15) is 0 Å². The molecule has 3 rings (SSSR count). The highest BCUT2D eigenvalue weighted by Crippen LogP contribution is 2.23. The lowest BCUT2D eigenvalue weighted by Gasteiger charge is -2.15. The van der Waals surface area contributed by atoms with Crippen LogP contribution in [0, 0.1) is 0 Å². The quantitative estimate of drug-likeness (QED) is 0.421. The number of hydrogen-bond donors (Lipinski definition) is 2. The first kappa shape index (κ1) is 24.7. The molecule has 1 atom stereocenters. The number of benzene rings is 3. The molecular formula is C27H32N2O3S. The van der Waals surface area contributed by atoms with Crippen LogP contribution in [0.15, 0.2) is 77.7 Å². The van der Waals surface area contributed by atoms with Crippen LogP contribution in [0.3, 0.4) is 0 Å². The van der Waals surface area contributed by atoms with Gasteiger partial charge >= 0.3 is 0 Å². The van der Waals surface area contributed by atoms with Gasteiger partial charge in [0.15, 0.2) is 0 Å². The summed E-state index contributed by atoms with van der Waals surface area (Å²) in [6.45, 7) is 5.98. The molecule has 0 saturated carbocycles. The molecule has 0 bridgehead atoms. The van der Waals surface area contributed by atoms with Crippen molar-refractivity contribution in [2.24, 2.45) is 0 Å². The van der Waals surface area contributed by atoms with Crippen molar-refractivity contribution >= 4 is 21.6 Å². The molecule has 0 aliphatic carbocycles. The van der Waals surface area contributed by atoms with Gasteiger partial charge in [-0.1, -0.05) is 74.5 Å². The van der Waals surface area contributed by atoms with Gasteiger partial charge in [0.25, 0.3) is 0 Å². The molecule has 0 aliphatic heterocycles. The van der Waals surface area contributed by atoms with Crippen LogP contribution in [0.4, 0.5) is 5.69 Å². The normalized spacial score (nSPS) is 12.3. The summed E-state index contributed by atoms with van der Waals surface area (Å²) in [5.41, 5.74) is 5.01. The average molecular weight is 465 g/mol. The molecule has 174 valence electrons. The molecule has 0 spiro atoms. The number of sulfonamides is 1. The first-order chi connectivity index (χ1) is 15.8. The van der Waals surface area contributed by atoms with E-state index in [1.165, 1.54) is 0 Å². The third-order valence-corrected chi connectivity index (χ3v) is 7.33. The van der Waals surface area contributed by atoms with Crippen LogP contribution in [0.25, 0.3) is 0 Å². The highest BCUT2D eigenvalue weighted by atomic mass is 32.2. The van der Waals surface area contributed by atoms with Crippen LogP contribution >= 0.6 is 0 Å². The van der Waals surface area contributed by atoms with Gasteiger partial charge in [-0.25, -0.2) is 13.1 Å². The molecule has 0 aromatic heterocycles. The Morgan fingerprint density at radius 1 is 0.848 bits per heavy atom. The van der Waals surface area contributed by atoms with Crippen molar-refractivity contribution in [2.75, 3.05) is 5.32 Å². The summed E-state index contributed by atoms with van der Waals surface area (Å²) < 4.78 is 28.2. The first-order valence-electron chi connectivity index (χ1n) is 11.4. The Hall–Kier alpha value is -2.96. The minimum atomic E-state index is -3.64. The van der Waals surface area contributed by atoms with E-state index in [9.17, 15) is 13.2 Å². The van der Waals surface area contributed by atoms with Crippen molar-refractivity contribution in [1.29, 1.82) is 0 Å². The van der Waals surface area contributed by atoms with E-state index in [0.29, 0.717) is 12.8 Å². The lowest BCUT2D eigenvalue weighted by Crippen LogP contribution is -2.26. The van der Waals surface area contributed by atoms with Crippen LogP contribution in [-0.2, 0) is 34.1 Å². The largest absolute Gasteiger partial charge is 0.326 e. The Morgan fingerprint density at radius 2 is 1.45 bits per heavy atom. The highest BCUT2D eigenvalue weighted by molar-refractivity contribution is 7.89. The predicted molar refractivity (Wildman–Crippen MR) is 134 cm³/mol. The maximum Gasteiger partial charge on any atom is 0.241 e. The molecule has 0 unspecified atom stereocenters. The van der Waals surface area contributed by atoms with Gasteiger partial charge in [0.05, 0.1) is 4.90 Å². The topological polar surface area (TPSA) is 75.3 Å². The maximum atomic E-state index is 12.7. The summed E-state index contributed by atoms with van der Waals surface area (Å²) in [6, 6.07) is 22.0. The Morgan fingerprint density at radius 3 is 2.03 bits per heavy atom. The molecule has 5 nitrogen and oxygen atoms in total. The van der Waals surface area contributed by atoms with Crippen molar-refractivity contribution in [3.8, 4) is 0 Å². The van der Waals surface area contributed by atoms with E-state index in [1.807, 2.05) is 55.5 Å². The zero-order valence-corrected chi connectivity index (χ0v) is 20.3. The number of rotatable bonds is 10. The molecule has 0 aliphatic rings. The molecule has 3 aromatic rings. The van der Waals surface area contributed by atoms with Crippen LogP contribution in [0.1, 0.15) is 55.5 Å². The smallest absolute Gasteiger partial charge is 0.241 e. The average Bonchev–Trinajstić information content (AvgIpc) is 2.83. The fourth-order valence-corrected chi connectivity index (χ4v) is 5.04. The highest BCUT2D eigenvalue weighted by Gasteiger charge is 2.18. The molecule has 0 saturated heterocycles. The number of hydrogen-bond acceptors (Lipinski definition) is 3. The van der Waals surface area contributed by atoms with Crippen LogP contribution < -0.4 is 10.0 Å². The number of aryl methyl sites for hydroxylation is 3. The SMILES string of the molecule is CCc1cccc(CC)c1NC(=O)CCc1ccc(S(=O)(=O)N[C@@H](C)c2ccccc2)cc1. The molecule has 33 heavy (non-hydrogen) atoms. The lowest BCUT2D eigenvalue weighted by molar-refractivity contribution is -0.116. The van der Waals surface area contributed by atoms with E-state index >= 15 is 0 Å². The summed E-state index contributed by atoms with van der Waals surface area (Å²) in [5.74, 6) is -0.0411. The van der Waals surface area contributed by atoms with Crippen LogP contribution in [0.2, 0.25) is 0 Å². The van der Waals surface area contributed by atoms with Crippen molar-refractivity contribution in [3.05, 3.63) is 95.1 Å². The molecule has 1 amide bonds. The van der Waals surface area contributed by atoms with E-state index in [2.05, 4.69) is 23.9 Å². The first-order valence-corrected chi connectivity index (χ1v) is 12.9. The third-order valence-electron chi connectivity index (χ3n) is 5.77. The number of carbonyl (C=O) groups is 1. The fraction of sp³-hybridized carbons (Fsp3) is 0.296. The minimum absolute atomic E-state index is 0.0411. The maximum absolute atomic E-state index is 12.7. The van der Waals surface area contributed by atoms with Crippen LogP contribution in [-0.4, -0.2) is 14.3 Å². The zero-order chi connectivity index (χ0) is 23.8. The van der Waals surface area contributed by atoms with E-state index in [0.717, 1.165) is 40.8 Å². The summed E-state index contributed by atoms with van der Waals surface area (Å²) in [4.78, 5) is 12.8. The fourth-order valence-electron chi connectivity index (χ4n) is 3.81. The van der Waals surface area contributed by atoms with E-state index in [4.69, 9.17) is 0 Å². The number of anilines is 1. The second kappa shape index (κ2) is 11.3. The molecular weight excluding hydrogens is 432 g/mol. The Balaban J connectivity index is 1.60. The Labute approximate surface area is 197 Å². The molecule has 0 heterocycles. The third kappa shape index (κ3) is 6.53. The van der Waals surface area contributed by atoms with Crippen molar-refractivity contribution < 1.29 is 13.2 Å². The summed E-state index contributed by atoms with van der Waals surface area (Å²) in [7, 11) is -3.64. The van der Waals surface area contributed by atoms with Gasteiger partial charge in [0.2, 0.25) is 15.9 Å². The monoisotopic (exact) mass is 464 g/mol. The van der Waals surface area contributed by atoms with Gasteiger partial charge in [-0.05, 0) is 60.6 Å². The molecule has 6 heteroatoms. The van der Waals surface area contributed by atoms with E-state index in [-0.39, 0.29) is 16.8 Å². The number of amides is 1. The molecule has 0 radical (unpaired) electrons. The zero-order valence-electron chi connectivity index (χ0n) is 19.5. The van der Waals surface area contributed by atoms with Crippen molar-refractivity contribution in [2.45, 2.75) is 57.4 Å². The molecule has 2 N–H and O–H groups in total. The summed E-state index contributed by atoms with van der Waals surface area (Å²) in [6.07, 6.45) is 2.58. The number of para-hydroxylation sites is 1. The van der Waals surface area contributed by atoms with E-state index in [1.54, 1.807) is 24.3 Å². The van der Waals surface area contributed by atoms with Gasteiger partial charge in [0.1, 0.15) is 0 Å². The van der Waals surface area contributed by atoms with Gasteiger partial charge < -0.3 is 5.32 Å². The molecule has 0 fully saturated rings. The van der Waals surface area contributed by atoms with Crippen molar-refractivity contribution in [1.82, 2.24) is 4.72 Å². The van der Waals surface area contributed by atoms with E-state index < -0.39 is 10.0 Å². The van der Waals surface area contributed by atoms with Crippen molar-refractivity contribution in [3.63, 3.8) is 0 Å². The number of nitrogens with one attached hydrogen (secondary N) is 2. The van der Waals surface area contributed by atoms with Gasteiger partial charge in [0, 0.05) is 18.2 Å². The Kier molecular flexibility index (Phi) is 8.42.